The summed E-state index contributed by atoms with van der Waals surface area (Å²) in [5.41, 5.74) is 1.57. The van der Waals surface area contributed by atoms with Crippen LogP contribution in [0.2, 0.25) is 0 Å². The minimum Gasteiger partial charge on any atom is -0.383 e. The lowest BCUT2D eigenvalue weighted by Gasteiger charge is -2.18. The smallest absolute Gasteiger partial charge is 0.103 e. The molecule has 0 aliphatic heterocycles. The van der Waals surface area contributed by atoms with Crippen molar-refractivity contribution in [3.8, 4) is 6.07 Å². The molecule has 1 aromatic carbocycles. The van der Waals surface area contributed by atoms with Crippen LogP contribution < -0.4 is 5.32 Å². The number of nitrogens with zero attached hydrogens (tertiary/aromatic N) is 2. The number of nitrogens with one attached hydrogen (secondary N) is 1. The molecule has 1 N–H and O–H groups in total. The van der Waals surface area contributed by atoms with Crippen molar-refractivity contribution in [3.05, 3.63) is 28.2 Å². The number of rotatable bonds is 6. The number of halogens is 1. The molecule has 0 amide bonds. The van der Waals surface area contributed by atoms with Gasteiger partial charge in [0.25, 0.3) is 0 Å². The highest BCUT2D eigenvalue weighted by Gasteiger charge is 2.05. The van der Waals surface area contributed by atoms with Crippen LogP contribution in [0.4, 0.5) is 5.69 Å². The van der Waals surface area contributed by atoms with Crippen LogP contribution in [0.5, 0.6) is 0 Å². The van der Waals surface area contributed by atoms with Gasteiger partial charge in [0.05, 0.1) is 11.3 Å². The van der Waals surface area contributed by atoms with E-state index in [1.54, 1.807) is 0 Å². The second kappa shape index (κ2) is 7.31. The number of hydrogen-bond donors (Lipinski definition) is 1. The molecule has 4 heteroatoms. The molecule has 92 valence electrons. The highest BCUT2D eigenvalue weighted by atomic mass is 79.9. The van der Waals surface area contributed by atoms with Crippen molar-refractivity contribution in [2.75, 3.05) is 31.5 Å². The van der Waals surface area contributed by atoms with Crippen molar-refractivity contribution in [2.45, 2.75) is 13.8 Å². The zero-order valence-electron chi connectivity index (χ0n) is 10.3. The minimum absolute atomic E-state index is 0.673. The Morgan fingerprint density at radius 3 is 2.65 bits per heavy atom. The number of nitriles is 1. The Bertz CT molecular complexity index is 394. The summed E-state index contributed by atoms with van der Waals surface area (Å²) in [6.45, 7) is 8.27. The second-order valence-corrected chi connectivity index (χ2v) is 4.58. The first kappa shape index (κ1) is 14.0. The van der Waals surface area contributed by atoms with Gasteiger partial charge >= 0.3 is 0 Å². The van der Waals surface area contributed by atoms with Gasteiger partial charge in [-0.25, -0.2) is 0 Å². The van der Waals surface area contributed by atoms with Gasteiger partial charge in [-0.1, -0.05) is 19.9 Å². The summed E-state index contributed by atoms with van der Waals surface area (Å²) in [5, 5.41) is 12.4. The van der Waals surface area contributed by atoms with Crippen LogP contribution in [0, 0.1) is 11.3 Å². The summed E-state index contributed by atoms with van der Waals surface area (Å²) in [6.07, 6.45) is 0. The Labute approximate surface area is 112 Å². The van der Waals surface area contributed by atoms with Gasteiger partial charge < -0.3 is 10.2 Å². The predicted octanol–water partition coefficient (Wildman–Crippen LogP) is 3.07. The molecule has 0 fully saturated rings. The van der Waals surface area contributed by atoms with Crippen LogP contribution >= 0.6 is 15.9 Å². The van der Waals surface area contributed by atoms with Crippen LogP contribution in [0.25, 0.3) is 0 Å². The Morgan fingerprint density at radius 1 is 1.35 bits per heavy atom. The van der Waals surface area contributed by atoms with Crippen molar-refractivity contribution in [2.24, 2.45) is 0 Å². The molecular weight excluding hydrogens is 278 g/mol. The molecule has 0 aliphatic carbocycles. The summed E-state index contributed by atoms with van der Waals surface area (Å²) >= 11 is 3.38. The van der Waals surface area contributed by atoms with E-state index in [1.807, 2.05) is 18.2 Å². The summed E-state index contributed by atoms with van der Waals surface area (Å²) < 4.78 is 0.841. The summed E-state index contributed by atoms with van der Waals surface area (Å²) in [4.78, 5) is 2.34. The van der Waals surface area contributed by atoms with E-state index < -0.39 is 0 Å². The Kier molecular flexibility index (Phi) is 6.03. The largest absolute Gasteiger partial charge is 0.383 e. The van der Waals surface area contributed by atoms with Crippen LogP contribution in [0.3, 0.4) is 0 Å². The van der Waals surface area contributed by atoms with Gasteiger partial charge in [0.1, 0.15) is 6.07 Å². The van der Waals surface area contributed by atoms with E-state index in [1.165, 1.54) is 0 Å². The molecule has 0 saturated heterocycles. The van der Waals surface area contributed by atoms with Gasteiger partial charge in [0.15, 0.2) is 0 Å². The van der Waals surface area contributed by atoms with Crippen LogP contribution in [-0.2, 0) is 0 Å². The third-order valence-corrected chi connectivity index (χ3v) is 3.42. The normalized spacial score (nSPS) is 10.3. The lowest BCUT2D eigenvalue weighted by atomic mass is 10.2. The van der Waals surface area contributed by atoms with Crippen LogP contribution in [0.15, 0.2) is 22.7 Å². The summed E-state index contributed by atoms with van der Waals surface area (Å²) in [5.74, 6) is 0. The van der Waals surface area contributed by atoms with Crippen molar-refractivity contribution in [1.29, 1.82) is 5.26 Å². The van der Waals surface area contributed by atoms with Gasteiger partial charge in [-0.2, -0.15) is 5.26 Å². The maximum absolute atomic E-state index is 9.07. The highest BCUT2D eigenvalue weighted by molar-refractivity contribution is 9.10. The number of hydrogen-bond acceptors (Lipinski definition) is 3. The Morgan fingerprint density at radius 2 is 2.06 bits per heavy atom. The first-order valence-corrected chi connectivity index (χ1v) is 6.67. The molecule has 0 heterocycles. The third kappa shape index (κ3) is 4.03. The lowest BCUT2D eigenvalue weighted by Crippen LogP contribution is -2.28. The average molecular weight is 296 g/mol. The quantitative estimate of drug-likeness (QED) is 0.877. The SMILES string of the molecule is CCN(CC)CCNc1cccc(Br)c1C#N. The van der Waals surface area contributed by atoms with Crippen molar-refractivity contribution >= 4 is 21.6 Å². The monoisotopic (exact) mass is 295 g/mol. The summed E-state index contributed by atoms with van der Waals surface area (Å²) in [7, 11) is 0. The number of likely N-dealkylation sites (N-methyl/N-ethyl adjacent to an activating group) is 1. The van der Waals surface area contributed by atoms with Gasteiger partial charge in [-0.05, 0) is 41.2 Å². The summed E-state index contributed by atoms with van der Waals surface area (Å²) in [6, 6.07) is 7.96. The van der Waals surface area contributed by atoms with Crippen LogP contribution in [-0.4, -0.2) is 31.1 Å². The molecular formula is C13H18BrN3. The molecule has 0 unspecified atom stereocenters. The maximum Gasteiger partial charge on any atom is 0.103 e. The fraction of sp³-hybridized carbons (Fsp3) is 0.462. The van der Waals surface area contributed by atoms with Gasteiger partial charge in [0, 0.05) is 17.6 Å². The molecule has 0 atom stereocenters. The van der Waals surface area contributed by atoms with E-state index in [-0.39, 0.29) is 0 Å². The van der Waals surface area contributed by atoms with Gasteiger partial charge in [0.2, 0.25) is 0 Å². The zero-order chi connectivity index (χ0) is 12.7. The van der Waals surface area contributed by atoms with E-state index in [4.69, 9.17) is 5.26 Å². The van der Waals surface area contributed by atoms with E-state index >= 15 is 0 Å². The minimum atomic E-state index is 0.673. The van der Waals surface area contributed by atoms with E-state index in [2.05, 4.69) is 46.1 Å². The van der Waals surface area contributed by atoms with Gasteiger partial charge in [-0.15, -0.1) is 0 Å². The van der Waals surface area contributed by atoms with E-state index in [0.717, 1.165) is 36.3 Å². The van der Waals surface area contributed by atoms with E-state index in [9.17, 15) is 0 Å². The molecule has 1 rings (SSSR count). The molecule has 0 aromatic heterocycles. The zero-order valence-corrected chi connectivity index (χ0v) is 11.9. The highest BCUT2D eigenvalue weighted by Crippen LogP contribution is 2.23. The molecule has 17 heavy (non-hydrogen) atoms. The molecule has 1 aromatic rings. The maximum atomic E-state index is 9.07. The molecule has 0 saturated carbocycles. The Balaban J connectivity index is 2.58. The fourth-order valence-corrected chi connectivity index (χ4v) is 2.13. The van der Waals surface area contributed by atoms with Crippen LogP contribution in [0.1, 0.15) is 19.4 Å². The molecule has 0 aliphatic rings. The van der Waals surface area contributed by atoms with Crippen molar-refractivity contribution < 1.29 is 0 Å². The average Bonchev–Trinajstić information content (AvgIpc) is 2.35. The topological polar surface area (TPSA) is 39.1 Å². The predicted molar refractivity (Wildman–Crippen MR) is 75.1 cm³/mol. The van der Waals surface area contributed by atoms with E-state index in [0.29, 0.717) is 5.56 Å². The van der Waals surface area contributed by atoms with Crippen molar-refractivity contribution in [3.63, 3.8) is 0 Å². The number of anilines is 1. The third-order valence-electron chi connectivity index (χ3n) is 2.76. The van der Waals surface area contributed by atoms with Crippen molar-refractivity contribution in [1.82, 2.24) is 4.90 Å². The second-order valence-electron chi connectivity index (χ2n) is 3.73. The Hall–Kier alpha value is -1.05. The standard InChI is InChI=1S/C13H18BrN3/c1-3-17(4-2)9-8-16-13-7-5-6-12(14)11(13)10-15/h5-7,16H,3-4,8-9H2,1-2H3. The molecule has 0 spiro atoms. The fourth-order valence-electron chi connectivity index (χ4n) is 1.67. The lowest BCUT2D eigenvalue weighted by molar-refractivity contribution is 0.316. The molecule has 0 bridgehead atoms. The number of benzene rings is 1. The molecule has 3 nitrogen and oxygen atoms in total. The van der Waals surface area contributed by atoms with Gasteiger partial charge in [-0.3, -0.25) is 0 Å². The first-order valence-electron chi connectivity index (χ1n) is 5.87. The molecule has 0 radical (unpaired) electrons. The first-order chi connectivity index (χ1) is 8.22.